The molecule has 3 unspecified atom stereocenters. The molecule has 0 aromatic carbocycles. The molecule has 1 aromatic heterocycles. The van der Waals surface area contributed by atoms with Gasteiger partial charge < -0.3 is 5.32 Å². The van der Waals surface area contributed by atoms with Crippen LogP contribution in [0.25, 0.3) is 0 Å². The first-order valence-electron chi connectivity index (χ1n) is 8.40. The van der Waals surface area contributed by atoms with Crippen LogP contribution in [0.5, 0.6) is 0 Å². The third kappa shape index (κ3) is 3.27. The lowest BCUT2D eigenvalue weighted by Crippen LogP contribution is -2.51. The fourth-order valence-electron chi connectivity index (χ4n) is 4.04. The first kappa shape index (κ1) is 14.9. The summed E-state index contributed by atoms with van der Waals surface area (Å²) in [6.45, 7) is 4.50. The minimum atomic E-state index is -0.249. The Balaban J connectivity index is 1.80. The maximum Gasteiger partial charge on any atom is 0.141 e. The van der Waals surface area contributed by atoms with E-state index >= 15 is 0 Å². The van der Waals surface area contributed by atoms with E-state index < -0.39 is 0 Å². The summed E-state index contributed by atoms with van der Waals surface area (Å²) in [5.74, 6) is -0.249. The lowest BCUT2D eigenvalue weighted by atomic mass is 9.91. The van der Waals surface area contributed by atoms with Crippen molar-refractivity contribution < 1.29 is 4.39 Å². The minimum Gasteiger partial charge on any atom is -0.312 e. The molecule has 21 heavy (non-hydrogen) atoms. The molecule has 4 heteroatoms. The average molecular weight is 291 g/mol. The molecule has 0 saturated carbocycles. The summed E-state index contributed by atoms with van der Waals surface area (Å²) < 4.78 is 13.1. The number of likely N-dealkylation sites (tertiary alicyclic amines) is 1. The van der Waals surface area contributed by atoms with Gasteiger partial charge in [0.05, 0.1) is 17.9 Å². The second kappa shape index (κ2) is 6.84. The topological polar surface area (TPSA) is 28.2 Å². The highest BCUT2D eigenvalue weighted by atomic mass is 19.1. The number of hydrogen-bond donors (Lipinski definition) is 1. The van der Waals surface area contributed by atoms with E-state index in [9.17, 15) is 4.39 Å². The first-order chi connectivity index (χ1) is 10.3. The van der Waals surface area contributed by atoms with Gasteiger partial charge in [0, 0.05) is 12.1 Å². The zero-order chi connectivity index (χ0) is 14.7. The van der Waals surface area contributed by atoms with Gasteiger partial charge in [-0.15, -0.1) is 0 Å². The second-order valence-corrected chi connectivity index (χ2v) is 6.33. The van der Waals surface area contributed by atoms with Gasteiger partial charge in [-0.2, -0.15) is 0 Å². The van der Waals surface area contributed by atoms with Gasteiger partial charge in [0.2, 0.25) is 0 Å². The van der Waals surface area contributed by atoms with Crippen molar-refractivity contribution in [3.05, 3.63) is 29.8 Å². The van der Waals surface area contributed by atoms with Crippen LogP contribution in [0.3, 0.4) is 0 Å². The molecular formula is C17H26FN3. The van der Waals surface area contributed by atoms with Crippen LogP contribution in [0.1, 0.15) is 57.2 Å². The number of hydrogen-bond acceptors (Lipinski definition) is 3. The molecule has 3 heterocycles. The molecular weight excluding hydrogens is 265 g/mol. The van der Waals surface area contributed by atoms with Gasteiger partial charge in [-0.25, -0.2) is 4.39 Å². The second-order valence-electron chi connectivity index (χ2n) is 6.33. The molecule has 0 amide bonds. The molecule has 3 rings (SSSR count). The van der Waals surface area contributed by atoms with Gasteiger partial charge in [0.1, 0.15) is 5.82 Å². The van der Waals surface area contributed by atoms with Gasteiger partial charge in [0.25, 0.3) is 0 Å². The fraction of sp³-hybridized carbons (Fsp3) is 0.706. The predicted octanol–water partition coefficient (Wildman–Crippen LogP) is 3.28. The molecule has 2 aliphatic heterocycles. The van der Waals surface area contributed by atoms with E-state index in [1.54, 1.807) is 0 Å². The number of pyridine rings is 1. The van der Waals surface area contributed by atoms with Crippen molar-refractivity contribution in [3.63, 3.8) is 0 Å². The number of rotatable bonds is 4. The zero-order valence-corrected chi connectivity index (χ0v) is 12.9. The highest BCUT2D eigenvalue weighted by molar-refractivity contribution is 5.11. The maximum absolute atomic E-state index is 13.1. The van der Waals surface area contributed by atoms with Crippen LogP contribution >= 0.6 is 0 Å². The Hall–Kier alpha value is -1.00. The Morgan fingerprint density at radius 3 is 2.90 bits per heavy atom. The van der Waals surface area contributed by atoms with Crippen LogP contribution in [0, 0.1) is 5.82 Å². The summed E-state index contributed by atoms with van der Waals surface area (Å²) in [5.41, 5.74) is 1.02. The standard InChI is InChI=1S/C17H26FN3/c1-2-16(15-9-8-13(18)12-20-15)21-11-4-3-7-17(21)14-6-5-10-19-14/h8-9,12,14,16-17,19H,2-7,10-11H2,1H3. The number of nitrogens with zero attached hydrogens (tertiary/aromatic N) is 2. The molecule has 2 saturated heterocycles. The third-order valence-corrected chi connectivity index (χ3v) is 5.03. The van der Waals surface area contributed by atoms with Crippen molar-refractivity contribution >= 4 is 0 Å². The van der Waals surface area contributed by atoms with Crippen molar-refractivity contribution in [1.29, 1.82) is 0 Å². The Kier molecular flexibility index (Phi) is 4.86. The maximum atomic E-state index is 13.1. The summed E-state index contributed by atoms with van der Waals surface area (Å²) in [6, 6.07) is 4.95. The number of piperidine rings is 1. The van der Waals surface area contributed by atoms with Crippen LogP contribution in [0.15, 0.2) is 18.3 Å². The van der Waals surface area contributed by atoms with E-state index in [4.69, 9.17) is 0 Å². The van der Waals surface area contributed by atoms with Gasteiger partial charge in [-0.3, -0.25) is 9.88 Å². The van der Waals surface area contributed by atoms with Gasteiger partial charge in [-0.05, 0) is 57.3 Å². The molecule has 1 N–H and O–H groups in total. The summed E-state index contributed by atoms with van der Waals surface area (Å²) in [7, 11) is 0. The van der Waals surface area contributed by atoms with Crippen LogP contribution < -0.4 is 5.32 Å². The fourth-order valence-corrected chi connectivity index (χ4v) is 4.04. The molecule has 2 aliphatic rings. The Morgan fingerprint density at radius 2 is 2.24 bits per heavy atom. The lowest BCUT2D eigenvalue weighted by molar-refractivity contribution is 0.0682. The first-order valence-corrected chi connectivity index (χ1v) is 8.40. The SMILES string of the molecule is CCC(c1ccc(F)cn1)N1CCCCC1C1CCCN1. The minimum absolute atomic E-state index is 0.249. The van der Waals surface area contributed by atoms with Crippen LogP contribution in [-0.4, -0.2) is 35.1 Å². The summed E-state index contributed by atoms with van der Waals surface area (Å²) >= 11 is 0. The monoisotopic (exact) mass is 291 g/mol. The summed E-state index contributed by atoms with van der Waals surface area (Å²) in [4.78, 5) is 6.98. The molecule has 0 aliphatic carbocycles. The van der Waals surface area contributed by atoms with E-state index in [1.165, 1.54) is 44.4 Å². The van der Waals surface area contributed by atoms with E-state index in [0.717, 1.165) is 25.2 Å². The molecule has 0 spiro atoms. The molecule has 3 nitrogen and oxygen atoms in total. The number of halogens is 1. The van der Waals surface area contributed by atoms with Crippen LogP contribution in [-0.2, 0) is 0 Å². The quantitative estimate of drug-likeness (QED) is 0.923. The Morgan fingerprint density at radius 1 is 1.33 bits per heavy atom. The smallest absolute Gasteiger partial charge is 0.141 e. The third-order valence-electron chi connectivity index (χ3n) is 5.03. The molecule has 116 valence electrons. The average Bonchev–Trinajstić information content (AvgIpc) is 3.05. The highest BCUT2D eigenvalue weighted by Gasteiger charge is 2.35. The van der Waals surface area contributed by atoms with E-state index in [0.29, 0.717) is 18.1 Å². The van der Waals surface area contributed by atoms with Crippen molar-refractivity contribution in [1.82, 2.24) is 15.2 Å². The number of nitrogens with one attached hydrogen (secondary N) is 1. The molecule has 0 bridgehead atoms. The van der Waals surface area contributed by atoms with Crippen LogP contribution in [0.4, 0.5) is 4.39 Å². The molecule has 0 radical (unpaired) electrons. The lowest BCUT2D eigenvalue weighted by Gasteiger charge is -2.43. The normalized spacial score (nSPS) is 28.7. The van der Waals surface area contributed by atoms with Gasteiger partial charge in [0.15, 0.2) is 0 Å². The van der Waals surface area contributed by atoms with Gasteiger partial charge in [-0.1, -0.05) is 13.3 Å². The van der Waals surface area contributed by atoms with E-state index in [1.807, 2.05) is 6.07 Å². The largest absolute Gasteiger partial charge is 0.312 e. The van der Waals surface area contributed by atoms with E-state index in [-0.39, 0.29) is 5.82 Å². The summed E-state index contributed by atoms with van der Waals surface area (Å²) in [6.07, 6.45) is 8.82. The van der Waals surface area contributed by atoms with Crippen molar-refractivity contribution in [2.24, 2.45) is 0 Å². The predicted molar refractivity (Wildman–Crippen MR) is 82.6 cm³/mol. The number of aromatic nitrogens is 1. The van der Waals surface area contributed by atoms with E-state index in [2.05, 4.69) is 22.1 Å². The molecule has 1 aromatic rings. The Labute approximate surface area is 126 Å². The molecule has 2 fully saturated rings. The Bertz CT molecular complexity index is 442. The van der Waals surface area contributed by atoms with Crippen molar-refractivity contribution in [3.8, 4) is 0 Å². The van der Waals surface area contributed by atoms with Crippen molar-refractivity contribution in [2.75, 3.05) is 13.1 Å². The zero-order valence-electron chi connectivity index (χ0n) is 12.9. The molecule has 3 atom stereocenters. The highest BCUT2D eigenvalue weighted by Crippen LogP contribution is 2.33. The van der Waals surface area contributed by atoms with Gasteiger partial charge >= 0.3 is 0 Å². The van der Waals surface area contributed by atoms with Crippen LogP contribution in [0.2, 0.25) is 0 Å². The summed E-state index contributed by atoms with van der Waals surface area (Å²) in [5, 5.41) is 3.67. The van der Waals surface area contributed by atoms with Crippen molar-refractivity contribution in [2.45, 2.75) is 63.6 Å².